The Labute approximate surface area is 111 Å². The Bertz CT molecular complexity index is 476. The minimum atomic E-state index is 0.561. The van der Waals surface area contributed by atoms with Crippen LogP contribution in [0.1, 0.15) is 5.56 Å². The first-order valence-electron chi connectivity index (χ1n) is 5.85. The molecule has 1 heterocycles. The number of hydrogen-bond donors (Lipinski definition) is 3. The lowest BCUT2D eigenvalue weighted by molar-refractivity contribution is 0.322. The van der Waals surface area contributed by atoms with Crippen LogP contribution in [0.3, 0.4) is 0 Å². The number of hydrogen-bond acceptors (Lipinski definition) is 7. The largest absolute Gasteiger partial charge is 0.493 e. The average Bonchev–Trinajstić information content (AvgIpc) is 2.96. The maximum absolute atomic E-state index is 5.40. The minimum absolute atomic E-state index is 0.561. The van der Waals surface area contributed by atoms with Crippen LogP contribution in [0.2, 0.25) is 0 Å². The fourth-order valence-electron chi connectivity index (χ4n) is 1.86. The zero-order valence-corrected chi connectivity index (χ0v) is 11.2. The standard InChI is InChI=1S/C12H18N4O3/c1-17-9-5-4-8(10(18-2)11(9)19-3)6-13-12-14-7-15-16-12/h4-5,15H,6-7H2,1-3H3,(H2,13,14,16). The van der Waals surface area contributed by atoms with Crippen molar-refractivity contribution in [2.24, 2.45) is 4.99 Å². The number of nitrogens with one attached hydrogen (secondary N) is 3. The van der Waals surface area contributed by atoms with E-state index in [-0.39, 0.29) is 0 Å². The second-order valence-corrected chi connectivity index (χ2v) is 3.81. The lowest BCUT2D eigenvalue weighted by Crippen LogP contribution is -2.38. The molecule has 0 atom stereocenters. The molecule has 3 N–H and O–H groups in total. The molecule has 0 aromatic heterocycles. The predicted molar refractivity (Wildman–Crippen MR) is 71.5 cm³/mol. The first kappa shape index (κ1) is 13.3. The summed E-state index contributed by atoms with van der Waals surface area (Å²) in [7, 11) is 4.79. The van der Waals surface area contributed by atoms with Gasteiger partial charge in [0.2, 0.25) is 11.7 Å². The van der Waals surface area contributed by atoms with Gasteiger partial charge in [0.05, 0.1) is 21.3 Å². The molecule has 0 fully saturated rings. The highest BCUT2D eigenvalue weighted by Gasteiger charge is 2.16. The Morgan fingerprint density at radius 1 is 1.16 bits per heavy atom. The lowest BCUT2D eigenvalue weighted by atomic mass is 10.1. The number of hydrazine groups is 1. The molecule has 0 saturated heterocycles. The molecule has 0 amide bonds. The highest BCUT2D eigenvalue weighted by Crippen LogP contribution is 2.39. The van der Waals surface area contributed by atoms with Crippen molar-refractivity contribution in [1.82, 2.24) is 16.2 Å². The van der Waals surface area contributed by atoms with E-state index in [1.165, 1.54) is 0 Å². The van der Waals surface area contributed by atoms with E-state index in [9.17, 15) is 0 Å². The normalized spacial score (nSPS) is 13.5. The van der Waals surface area contributed by atoms with Crippen molar-refractivity contribution in [3.8, 4) is 17.2 Å². The van der Waals surface area contributed by atoms with Crippen LogP contribution in [0.25, 0.3) is 0 Å². The summed E-state index contributed by atoms with van der Waals surface area (Å²) < 4.78 is 16.0. The van der Waals surface area contributed by atoms with Gasteiger partial charge in [0.1, 0.15) is 6.67 Å². The highest BCUT2D eigenvalue weighted by atomic mass is 16.5. The van der Waals surface area contributed by atoms with Gasteiger partial charge in [-0.2, -0.15) is 0 Å². The molecular weight excluding hydrogens is 248 g/mol. The van der Waals surface area contributed by atoms with E-state index in [0.29, 0.717) is 36.4 Å². The summed E-state index contributed by atoms with van der Waals surface area (Å²) in [5.74, 6) is 2.59. The van der Waals surface area contributed by atoms with Crippen molar-refractivity contribution in [2.45, 2.75) is 6.54 Å². The van der Waals surface area contributed by atoms with Gasteiger partial charge in [0.15, 0.2) is 11.5 Å². The molecule has 0 aliphatic carbocycles. The summed E-state index contributed by atoms with van der Waals surface area (Å²) in [4.78, 5) is 4.17. The van der Waals surface area contributed by atoms with Crippen LogP contribution in [0.4, 0.5) is 0 Å². The molecule has 1 aromatic rings. The lowest BCUT2D eigenvalue weighted by Gasteiger charge is -2.16. The smallest absolute Gasteiger partial charge is 0.207 e. The zero-order valence-electron chi connectivity index (χ0n) is 11.2. The molecule has 7 nitrogen and oxygen atoms in total. The molecule has 1 aromatic carbocycles. The van der Waals surface area contributed by atoms with E-state index < -0.39 is 0 Å². The molecule has 1 aliphatic rings. The molecular formula is C12H18N4O3. The van der Waals surface area contributed by atoms with Crippen molar-refractivity contribution in [2.75, 3.05) is 28.0 Å². The van der Waals surface area contributed by atoms with Crippen molar-refractivity contribution in [1.29, 1.82) is 0 Å². The monoisotopic (exact) mass is 266 g/mol. The summed E-state index contributed by atoms with van der Waals surface area (Å²) in [5.41, 5.74) is 6.75. The van der Waals surface area contributed by atoms with Crippen LogP contribution in [0.5, 0.6) is 17.2 Å². The minimum Gasteiger partial charge on any atom is -0.493 e. The summed E-state index contributed by atoms with van der Waals surface area (Å²) in [6.45, 7) is 1.13. The zero-order chi connectivity index (χ0) is 13.7. The van der Waals surface area contributed by atoms with Crippen LogP contribution in [-0.2, 0) is 6.54 Å². The summed E-state index contributed by atoms with van der Waals surface area (Å²) in [6.07, 6.45) is 0. The molecule has 2 rings (SSSR count). The van der Waals surface area contributed by atoms with Gasteiger partial charge in [-0.1, -0.05) is 0 Å². The quantitative estimate of drug-likeness (QED) is 0.708. The van der Waals surface area contributed by atoms with E-state index in [2.05, 4.69) is 21.2 Å². The van der Waals surface area contributed by atoms with Crippen LogP contribution in [-0.4, -0.2) is 34.0 Å². The molecule has 19 heavy (non-hydrogen) atoms. The van der Waals surface area contributed by atoms with Gasteiger partial charge in [-0.3, -0.25) is 5.43 Å². The summed E-state index contributed by atoms with van der Waals surface area (Å²) in [6, 6.07) is 3.77. The average molecular weight is 266 g/mol. The van der Waals surface area contributed by atoms with Crippen molar-refractivity contribution in [3.05, 3.63) is 17.7 Å². The number of ether oxygens (including phenoxy) is 3. The van der Waals surface area contributed by atoms with E-state index in [4.69, 9.17) is 14.2 Å². The Morgan fingerprint density at radius 2 is 1.95 bits per heavy atom. The van der Waals surface area contributed by atoms with E-state index >= 15 is 0 Å². The number of nitrogens with zero attached hydrogens (tertiary/aromatic N) is 1. The fraction of sp³-hybridized carbons (Fsp3) is 0.417. The van der Waals surface area contributed by atoms with Gasteiger partial charge in [-0.15, -0.1) is 0 Å². The first-order chi connectivity index (χ1) is 9.30. The Morgan fingerprint density at radius 3 is 2.53 bits per heavy atom. The van der Waals surface area contributed by atoms with E-state index in [1.807, 2.05) is 12.1 Å². The summed E-state index contributed by atoms with van der Waals surface area (Å²) >= 11 is 0. The van der Waals surface area contributed by atoms with Gasteiger partial charge in [-0.25, -0.2) is 10.4 Å². The van der Waals surface area contributed by atoms with Crippen molar-refractivity contribution >= 4 is 5.96 Å². The van der Waals surface area contributed by atoms with Crippen LogP contribution >= 0.6 is 0 Å². The van der Waals surface area contributed by atoms with E-state index in [0.717, 1.165) is 5.56 Å². The second kappa shape index (κ2) is 6.14. The van der Waals surface area contributed by atoms with Crippen molar-refractivity contribution in [3.63, 3.8) is 0 Å². The molecule has 7 heteroatoms. The van der Waals surface area contributed by atoms with Crippen LogP contribution < -0.4 is 30.4 Å². The van der Waals surface area contributed by atoms with Gasteiger partial charge < -0.3 is 19.5 Å². The molecule has 0 radical (unpaired) electrons. The molecule has 0 unspecified atom stereocenters. The number of rotatable bonds is 5. The topological polar surface area (TPSA) is 76.1 Å². The Balaban J connectivity index is 2.19. The summed E-state index contributed by atoms with van der Waals surface area (Å²) in [5, 5.41) is 3.16. The molecule has 1 aliphatic heterocycles. The third-order valence-corrected chi connectivity index (χ3v) is 2.76. The second-order valence-electron chi connectivity index (χ2n) is 3.81. The van der Waals surface area contributed by atoms with Crippen LogP contribution in [0.15, 0.2) is 17.1 Å². The molecule has 0 spiro atoms. The van der Waals surface area contributed by atoms with Crippen LogP contribution in [0, 0.1) is 0 Å². The molecule has 104 valence electrons. The van der Waals surface area contributed by atoms with Gasteiger partial charge in [-0.05, 0) is 12.1 Å². The Kier molecular flexibility index (Phi) is 4.30. The molecule has 0 saturated carbocycles. The maximum Gasteiger partial charge on any atom is 0.207 e. The third-order valence-electron chi connectivity index (χ3n) is 2.76. The van der Waals surface area contributed by atoms with Gasteiger partial charge in [0, 0.05) is 12.1 Å². The van der Waals surface area contributed by atoms with Gasteiger partial charge >= 0.3 is 0 Å². The van der Waals surface area contributed by atoms with E-state index in [1.54, 1.807) is 21.3 Å². The fourth-order valence-corrected chi connectivity index (χ4v) is 1.86. The predicted octanol–water partition coefficient (Wildman–Crippen LogP) is 0.223. The SMILES string of the molecule is COc1ccc(CNC2=NCNN2)c(OC)c1OC. The first-order valence-corrected chi connectivity index (χ1v) is 5.85. The van der Waals surface area contributed by atoms with Gasteiger partial charge in [0.25, 0.3) is 0 Å². The Hall–Kier alpha value is -2.15. The van der Waals surface area contributed by atoms with Crippen molar-refractivity contribution < 1.29 is 14.2 Å². The number of benzene rings is 1. The highest BCUT2D eigenvalue weighted by molar-refractivity contribution is 5.80. The third kappa shape index (κ3) is 2.82. The molecule has 0 bridgehead atoms. The maximum atomic E-state index is 5.40. The number of guanidine groups is 1. The number of aliphatic imine (C=N–C) groups is 1. The number of methoxy groups -OCH3 is 3.